The minimum Gasteiger partial charge on any atom is -0.439 e. The minimum atomic E-state index is -0.287. The third-order valence-electron chi connectivity index (χ3n) is 1.73. The second-order valence-corrected chi connectivity index (χ2v) is 3.67. The van der Waals surface area contributed by atoms with Crippen molar-refractivity contribution < 1.29 is 9.13 Å². The molecule has 0 amide bonds. The van der Waals surface area contributed by atoms with Gasteiger partial charge in [-0.05, 0) is 46.3 Å². The average molecular weight is 268 g/mol. The van der Waals surface area contributed by atoms with Crippen molar-refractivity contribution in [1.29, 1.82) is 0 Å². The van der Waals surface area contributed by atoms with E-state index in [9.17, 15) is 4.39 Å². The summed E-state index contributed by atoms with van der Waals surface area (Å²) >= 11 is 3.24. The van der Waals surface area contributed by atoms with Crippen molar-refractivity contribution in [2.45, 2.75) is 0 Å². The van der Waals surface area contributed by atoms with Gasteiger partial charge in [-0.15, -0.1) is 0 Å². The van der Waals surface area contributed by atoms with Gasteiger partial charge >= 0.3 is 0 Å². The first-order valence-electron chi connectivity index (χ1n) is 4.30. The van der Waals surface area contributed by atoms with E-state index >= 15 is 0 Å². The quantitative estimate of drug-likeness (QED) is 0.773. The van der Waals surface area contributed by atoms with Crippen LogP contribution in [-0.4, -0.2) is 4.98 Å². The predicted molar refractivity (Wildman–Crippen MR) is 58.4 cm³/mol. The van der Waals surface area contributed by atoms with Crippen molar-refractivity contribution in [1.82, 2.24) is 4.98 Å². The summed E-state index contributed by atoms with van der Waals surface area (Å²) in [4.78, 5) is 4.09. The van der Waals surface area contributed by atoms with Crippen LogP contribution < -0.4 is 4.74 Å². The minimum absolute atomic E-state index is 0.287. The Morgan fingerprint density at radius 3 is 2.47 bits per heavy atom. The molecular formula is C11H7BrFNO. The molecule has 0 aliphatic heterocycles. The summed E-state index contributed by atoms with van der Waals surface area (Å²) in [5, 5.41) is 0. The molecular weight excluding hydrogens is 261 g/mol. The maximum absolute atomic E-state index is 12.6. The fourth-order valence-electron chi connectivity index (χ4n) is 1.07. The summed E-state index contributed by atoms with van der Waals surface area (Å²) in [5.41, 5.74) is 0. The van der Waals surface area contributed by atoms with Gasteiger partial charge in [0.2, 0.25) is 5.88 Å². The maximum Gasteiger partial charge on any atom is 0.220 e. The zero-order chi connectivity index (χ0) is 10.7. The van der Waals surface area contributed by atoms with E-state index < -0.39 is 0 Å². The zero-order valence-electron chi connectivity index (χ0n) is 7.65. The topological polar surface area (TPSA) is 22.1 Å². The van der Waals surface area contributed by atoms with E-state index in [0.717, 1.165) is 0 Å². The lowest BCUT2D eigenvalue weighted by Crippen LogP contribution is -1.87. The van der Waals surface area contributed by atoms with Gasteiger partial charge in [0.1, 0.15) is 16.2 Å². The van der Waals surface area contributed by atoms with E-state index in [-0.39, 0.29) is 5.82 Å². The lowest BCUT2D eigenvalue weighted by molar-refractivity contribution is 0.460. The zero-order valence-corrected chi connectivity index (χ0v) is 9.24. The van der Waals surface area contributed by atoms with Gasteiger partial charge in [-0.25, -0.2) is 9.37 Å². The highest BCUT2D eigenvalue weighted by atomic mass is 79.9. The Kier molecular flexibility index (Phi) is 2.97. The molecule has 15 heavy (non-hydrogen) atoms. The Hall–Kier alpha value is -1.42. The third kappa shape index (κ3) is 2.76. The van der Waals surface area contributed by atoms with Gasteiger partial charge < -0.3 is 4.74 Å². The van der Waals surface area contributed by atoms with Crippen LogP contribution >= 0.6 is 15.9 Å². The van der Waals surface area contributed by atoms with Crippen LogP contribution in [0, 0.1) is 5.82 Å². The van der Waals surface area contributed by atoms with Crippen LogP contribution in [0.4, 0.5) is 4.39 Å². The molecule has 1 aromatic carbocycles. The van der Waals surface area contributed by atoms with Crippen molar-refractivity contribution in [3.63, 3.8) is 0 Å². The molecule has 0 unspecified atom stereocenters. The highest BCUT2D eigenvalue weighted by Gasteiger charge is 1.99. The predicted octanol–water partition coefficient (Wildman–Crippen LogP) is 3.78. The van der Waals surface area contributed by atoms with Crippen LogP contribution in [0.5, 0.6) is 11.6 Å². The van der Waals surface area contributed by atoms with Gasteiger partial charge in [-0.3, -0.25) is 0 Å². The molecule has 0 aliphatic rings. The van der Waals surface area contributed by atoms with Crippen molar-refractivity contribution in [3.8, 4) is 11.6 Å². The number of rotatable bonds is 2. The van der Waals surface area contributed by atoms with Crippen LogP contribution in [0.3, 0.4) is 0 Å². The van der Waals surface area contributed by atoms with E-state index in [0.29, 0.717) is 16.2 Å². The lowest BCUT2D eigenvalue weighted by Gasteiger charge is -2.03. The van der Waals surface area contributed by atoms with Gasteiger partial charge in [-0.1, -0.05) is 6.07 Å². The molecule has 0 aliphatic carbocycles. The van der Waals surface area contributed by atoms with Gasteiger partial charge in [0, 0.05) is 6.07 Å². The van der Waals surface area contributed by atoms with Crippen LogP contribution in [-0.2, 0) is 0 Å². The Morgan fingerprint density at radius 1 is 1.07 bits per heavy atom. The molecule has 0 saturated heterocycles. The van der Waals surface area contributed by atoms with E-state index in [1.54, 1.807) is 24.3 Å². The summed E-state index contributed by atoms with van der Waals surface area (Å²) in [7, 11) is 0. The summed E-state index contributed by atoms with van der Waals surface area (Å²) in [6, 6.07) is 11.1. The fourth-order valence-corrected chi connectivity index (χ4v) is 1.40. The van der Waals surface area contributed by atoms with Gasteiger partial charge in [0.25, 0.3) is 0 Å². The SMILES string of the molecule is Fc1ccc(Oc2cccc(Br)n2)cc1. The standard InChI is InChI=1S/C11H7BrFNO/c12-10-2-1-3-11(14-10)15-9-6-4-8(13)5-7-9/h1-7H. The molecule has 0 fully saturated rings. The van der Waals surface area contributed by atoms with E-state index in [1.165, 1.54) is 12.1 Å². The smallest absolute Gasteiger partial charge is 0.220 e. The summed E-state index contributed by atoms with van der Waals surface area (Å²) < 4.78 is 18.7. The molecule has 2 nitrogen and oxygen atoms in total. The molecule has 2 aromatic rings. The first-order valence-corrected chi connectivity index (χ1v) is 5.09. The number of aromatic nitrogens is 1. The Bertz CT molecular complexity index is 458. The van der Waals surface area contributed by atoms with Crippen LogP contribution in [0.15, 0.2) is 47.1 Å². The Morgan fingerprint density at radius 2 is 1.80 bits per heavy atom. The van der Waals surface area contributed by atoms with Crippen molar-refractivity contribution in [2.75, 3.05) is 0 Å². The molecule has 4 heteroatoms. The van der Waals surface area contributed by atoms with Gasteiger partial charge in [0.05, 0.1) is 0 Å². The molecule has 1 heterocycles. The van der Waals surface area contributed by atoms with Crippen LogP contribution in [0.1, 0.15) is 0 Å². The van der Waals surface area contributed by atoms with Crippen molar-refractivity contribution in [3.05, 3.63) is 52.9 Å². The largest absolute Gasteiger partial charge is 0.439 e. The molecule has 0 bridgehead atoms. The number of pyridine rings is 1. The monoisotopic (exact) mass is 267 g/mol. The molecule has 2 rings (SSSR count). The second-order valence-electron chi connectivity index (χ2n) is 2.85. The summed E-state index contributed by atoms with van der Waals surface area (Å²) in [6.45, 7) is 0. The normalized spacial score (nSPS) is 10.0. The Balaban J connectivity index is 2.18. The lowest BCUT2D eigenvalue weighted by atomic mass is 10.3. The Labute approximate surface area is 94.9 Å². The summed E-state index contributed by atoms with van der Waals surface area (Å²) in [5.74, 6) is 0.738. The highest BCUT2D eigenvalue weighted by Crippen LogP contribution is 2.20. The molecule has 1 aromatic heterocycles. The number of halogens is 2. The van der Waals surface area contributed by atoms with Gasteiger partial charge in [-0.2, -0.15) is 0 Å². The molecule has 0 atom stereocenters. The second kappa shape index (κ2) is 4.40. The van der Waals surface area contributed by atoms with Crippen LogP contribution in [0.2, 0.25) is 0 Å². The average Bonchev–Trinajstić information content (AvgIpc) is 2.22. The van der Waals surface area contributed by atoms with Crippen molar-refractivity contribution >= 4 is 15.9 Å². The molecule has 0 N–H and O–H groups in total. The number of nitrogens with zero attached hydrogens (tertiary/aromatic N) is 1. The third-order valence-corrected chi connectivity index (χ3v) is 2.17. The molecule has 0 saturated carbocycles. The molecule has 0 radical (unpaired) electrons. The number of hydrogen-bond donors (Lipinski definition) is 0. The van der Waals surface area contributed by atoms with Gasteiger partial charge in [0.15, 0.2) is 0 Å². The first-order chi connectivity index (χ1) is 7.24. The highest BCUT2D eigenvalue weighted by molar-refractivity contribution is 9.10. The van der Waals surface area contributed by atoms with Crippen LogP contribution in [0.25, 0.3) is 0 Å². The van der Waals surface area contributed by atoms with Crippen molar-refractivity contribution in [2.24, 2.45) is 0 Å². The number of benzene rings is 1. The van der Waals surface area contributed by atoms with E-state index in [2.05, 4.69) is 20.9 Å². The number of ether oxygens (including phenoxy) is 1. The van der Waals surface area contributed by atoms with E-state index in [1.807, 2.05) is 6.07 Å². The summed E-state index contributed by atoms with van der Waals surface area (Å²) in [6.07, 6.45) is 0. The fraction of sp³-hybridized carbons (Fsp3) is 0. The first kappa shape index (κ1) is 10.1. The number of hydrogen-bond acceptors (Lipinski definition) is 2. The molecule has 0 spiro atoms. The maximum atomic E-state index is 12.6. The molecule has 76 valence electrons. The van der Waals surface area contributed by atoms with E-state index in [4.69, 9.17) is 4.74 Å².